The summed E-state index contributed by atoms with van der Waals surface area (Å²) in [7, 11) is 0. The minimum atomic E-state index is 0.630. The number of hydrogen-bond acceptors (Lipinski definition) is 2. The maximum absolute atomic E-state index is 5.82. The molecule has 0 saturated heterocycles. The van der Waals surface area contributed by atoms with Crippen LogP contribution in [0.1, 0.15) is 102 Å². The molecular formula is C28H41N3O. The molecule has 2 aromatic rings. The number of nitrogens with zero attached hydrogens (tertiary/aromatic N) is 1. The predicted octanol–water partition coefficient (Wildman–Crippen LogP) is 7.96. The number of ether oxygens (including phenoxy) is 1. The van der Waals surface area contributed by atoms with Crippen LogP contribution in [0.15, 0.2) is 53.0 Å². The van der Waals surface area contributed by atoms with Crippen molar-refractivity contribution >= 4 is 11.8 Å². The van der Waals surface area contributed by atoms with Gasteiger partial charge in [0.05, 0.1) is 18.0 Å². The molecule has 0 bridgehead atoms. The van der Waals surface area contributed by atoms with Crippen LogP contribution in [0.2, 0.25) is 0 Å². The fraction of sp³-hybridized carbons (Fsp3) is 0.536. The maximum Gasteiger partial charge on any atom is 0.147 e. The quantitative estimate of drug-likeness (QED) is 0.258. The van der Waals surface area contributed by atoms with Crippen LogP contribution in [0.3, 0.4) is 0 Å². The highest BCUT2D eigenvalue weighted by atomic mass is 16.5. The lowest BCUT2D eigenvalue weighted by molar-refractivity contribution is 0.239. The van der Waals surface area contributed by atoms with Gasteiger partial charge in [-0.25, -0.2) is 4.99 Å². The van der Waals surface area contributed by atoms with Crippen molar-refractivity contribution in [3.63, 3.8) is 0 Å². The van der Waals surface area contributed by atoms with Gasteiger partial charge in [-0.15, -0.1) is 0 Å². The average Bonchev–Trinajstić information content (AvgIpc) is 3.55. The molecule has 0 fully saturated rings. The summed E-state index contributed by atoms with van der Waals surface area (Å²) in [6.07, 6.45) is 22.3. The first-order valence-electron chi connectivity index (χ1n) is 12.8. The van der Waals surface area contributed by atoms with Gasteiger partial charge in [0.1, 0.15) is 11.5 Å². The third kappa shape index (κ3) is 7.89. The zero-order valence-electron chi connectivity index (χ0n) is 20.1. The molecule has 2 aromatic heterocycles. The smallest absolute Gasteiger partial charge is 0.147 e. The Morgan fingerprint density at radius 3 is 2.25 bits per heavy atom. The van der Waals surface area contributed by atoms with E-state index < -0.39 is 0 Å². The van der Waals surface area contributed by atoms with Crippen molar-refractivity contribution in [1.82, 2.24) is 9.97 Å². The molecule has 0 aliphatic carbocycles. The molecule has 3 heterocycles. The van der Waals surface area contributed by atoms with Gasteiger partial charge >= 0.3 is 0 Å². The SMILES string of the molecule is CCCCCCCCCCCCCc1ccc(C=C2N=C(c3ccc[nH]3)C=C2OCC)[nH]1. The summed E-state index contributed by atoms with van der Waals surface area (Å²) in [5, 5.41) is 0. The second kappa shape index (κ2) is 13.8. The van der Waals surface area contributed by atoms with Crippen LogP contribution >= 0.6 is 0 Å². The zero-order chi connectivity index (χ0) is 22.4. The van der Waals surface area contributed by atoms with Crippen LogP contribution in [-0.2, 0) is 11.2 Å². The maximum atomic E-state index is 5.82. The molecule has 0 atom stereocenters. The van der Waals surface area contributed by atoms with Gasteiger partial charge in [-0.1, -0.05) is 71.1 Å². The fourth-order valence-electron chi connectivity index (χ4n) is 4.23. The Hall–Kier alpha value is -2.49. The number of aliphatic imine (C=N–C) groups is 1. The third-order valence-corrected chi connectivity index (χ3v) is 6.05. The lowest BCUT2D eigenvalue weighted by Gasteiger charge is -2.04. The minimum Gasteiger partial charge on any atom is -0.492 e. The van der Waals surface area contributed by atoms with Crippen LogP contribution in [0, 0.1) is 0 Å². The van der Waals surface area contributed by atoms with Crippen molar-refractivity contribution in [2.24, 2.45) is 4.99 Å². The number of nitrogens with one attached hydrogen (secondary N) is 2. The number of H-pyrrole nitrogens is 2. The topological polar surface area (TPSA) is 53.2 Å². The first-order chi connectivity index (χ1) is 15.8. The molecule has 1 aliphatic heterocycles. The lowest BCUT2D eigenvalue weighted by Crippen LogP contribution is -1.94. The fourth-order valence-corrected chi connectivity index (χ4v) is 4.23. The summed E-state index contributed by atoms with van der Waals surface area (Å²) < 4.78 is 5.82. The number of aryl methyl sites for hydroxylation is 1. The van der Waals surface area contributed by atoms with Gasteiger partial charge in [0.2, 0.25) is 0 Å². The van der Waals surface area contributed by atoms with E-state index in [0.29, 0.717) is 6.61 Å². The normalized spacial score (nSPS) is 14.8. The van der Waals surface area contributed by atoms with E-state index in [0.717, 1.165) is 35.0 Å². The molecule has 0 spiro atoms. The van der Waals surface area contributed by atoms with E-state index in [4.69, 9.17) is 9.73 Å². The van der Waals surface area contributed by atoms with Crippen LogP contribution in [-0.4, -0.2) is 22.3 Å². The number of aromatic nitrogens is 2. The van der Waals surface area contributed by atoms with Gasteiger partial charge in [0.15, 0.2) is 0 Å². The molecule has 0 amide bonds. The second-order valence-corrected chi connectivity index (χ2v) is 8.78. The third-order valence-electron chi connectivity index (χ3n) is 6.05. The Labute approximate surface area is 194 Å². The van der Waals surface area contributed by atoms with Crippen molar-refractivity contribution in [3.8, 4) is 0 Å². The number of allylic oxidation sites excluding steroid dienone is 1. The molecule has 32 heavy (non-hydrogen) atoms. The highest BCUT2D eigenvalue weighted by Crippen LogP contribution is 2.25. The summed E-state index contributed by atoms with van der Waals surface area (Å²) in [6.45, 7) is 4.92. The van der Waals surface area contributed by atoms with E-state index in [1.54, 1.807) is 0 Å². The molecule has 1 aliphatic rings. The Kier molecular flexibility index (Phi) is 10.4. The summed E-state index contributed by atoms with van der Waals surface area (Å²) in [4.78, 5) is 11.5. The number of rotatable bonds is 16. The Morgan fingerprint density at radius 1 is 0.875 bits per heavy atom. The molecule has 0 unspecified atom stereocenters. The molecule has 2 N–H and O–H groups in total. The van der Waals surface area contributed by atoms with E-state index in [1.807, 2.05) is 31.3 Å². The lowest BCUT2D eigenvalue weighted by atomic mass is 10.0. The summed E-state index contributed by atoms with van der Waals surface area (Å²) in [6, 6.07) is 8.37. The van der Waals surface area contributed by atoms with Crippen molar-refractivity contribution < 1.29 is 4.74 Å². The average molecular weight is 436 g/mol. The van der Waals surface area contributed by atoms with Gasteiger partial charge in [0, 0.05) is 23.7 Å². The van der Waals surface area contributed by atoms with E-state index in [9.17, 15) is 0 Å². The standard InChI is InChI=1S/C28H41N3O/c1-3-5-6-7-8-9-10-11-12-13-14-16-23-18-19-24(30-23)21-27-28(32-4-2)22-26(31-27)25-17-15-20-29-25/h15,17-22,29-30H,3-14,16H2,1-2H3. The van der Waals surface area contributed by atoms with Crippen molar-refractivity contribution in [3.05, 3.63) is 65.1 Å². The summed E-state index contributed by atoms with van der Waals surface area (Å²) in [5.74, 6) is 0.832. The first-order valence-corrected chi connectivity index (χ1v) is 12.8. The van der Waals surface area contributed by atoms with Crippen LogP contribution in [0.4, 0.5) is 0 Å². The minimum absolute atomic E-state index is 0.630. The van der Waals surface area contributed by atoms with Crippen LogP contribution < -0.4 is 0 Å². The Morgan fingerprint density at radius 2 is 1.59 bits per heavy atom. The van der Waals surface area contributed by atoms with E-state index in [1.165, 1.54) is 76.3 Å². The molecule has 4 heteroatoms. The zero-order valence-corrected chi connectivity index (χ0v) is 20.1. The van der Waals surface area contributed by atoms with Crippen molar-refractivity contribution in [1.29, 1.82) is 0 Å². The highest BCUT2D eigenvalue weighted by Gasteiger charge is 2.17. The predicted molar refractivity (Wildman–Crippen MR) is 136 cm³/mol. The highest BCUT2D eigenvalue weighted by molar-refractivity contribution is 6.11. The van der Waals surface area contributed by atoms with Crippen molar-refractivity contribution in [2.75, 3.05) is 6.61 Å². The first kappa shape index (κ1) is 24.2. The van der Waals surface area contributed by atoms with Gasteiger partial charge in [-0.2, -0.15) is 0 Å². The van der Waals surface area contributed by atoms with E-state index in [-0.39, 0.29) is 0 Å². The molecule has 0 radical (unpaired) electrons. The summed E-state index contributed by atoms with van der Waals surface area (Å²) in [5.41, 5.74) is 5.19. The van der Waals surface area contributed by atoms with Gasteiger partial charge in [-0.05, 0) is 50.1 Å². The molecule has 0 saturated carbocycles. The van der Waals surface area contributed by atoms with E-state index >= 15 is 0 Å². The monoisotopic (exact) mass is 435 g/mol. The Bertz CT molecular complexity index is 870. The van der Waals surface area contributed by atoms with Crippen molar-refractivity contribution in [2.45, 2.75) is 90.9 Å². The number of hydrogen-bond donors (Lipinski definition) is 2. The summed E-state index contributed by atoms with van der Waals surface area (Å²) >= 11 is 0. The van der Waals surface area contributed by atoms with Crippen LogP contribution in [0.5, 0.6) is 0 Å². The Balaban J connectivity index is 1.39. The van der Waals surface area contributed by atoms with Gasteiger partial charge in [-0.3, -0.25) is 0 Å². The molecule has 174 valence electrons. The van der Waals surface area contributed by atoms with Crippen LogP contribution in [0.25, 0.3) is 6.08 Å². The molecule has 0 aromatic carbocycles. The van der Waals surface area contributed by atoms with Gasteiger partial charge in [0.25, 0.3) is 0 Å². The molecule has 3 rings (SSSR count). The number of unbranched alkanes of at least 4 members (excludes halogenated alkanes) is 10. The molecule has 4 nitrogen and oxygen atoms in total. The largest absolute Gasteiger partial charge is 0.492 e. The number of aromatic amines is 2. The second-order valence-electron chi connectivity index (χ2n) is 8.78. The van der Waals surface area contributed by atoms with Gasteiger partial charge < -0.3 is 14.7 Å². The molecular weight excluding hydrogens is 394 g/mol. The van der Waals surface area contributed by atoms with E-state index in [2.05, 4.69) is 35.1 Å².